The first-order valence-corrected chi connectivity index (χ1v) is 4.35. The molecule has 0 aliphatic heterocycles. The van der Waals surface area contributed by atoms with Gasteiger partial charge in [-0.05, 0) is 6.92 Å². The van der Waals surface area contributed by atoms with Crippen LogP contribution in [0.3, 0.4) is 0 Å². The zero-order chi connectivity index (χ0) is 11.0. The first kappa shape index (κ1) is 13.2. The molecule has 1 unspecified atom stereocenters. The third-order valence-corrected chi connectivity index (χ3v) is 1.59. The number of carbonyl (C=O) groups excluding carboxylic acids is 1. The number of halogens is 2. The van der Waals surface area contributed by atoms with E-state index in [1.54, 1.807) is 0 Å². The largest absolute Gasteiger partial charge is 0.383 e. The van der Waals surface area contributed by atoms with E-state index in [0.29, 0.717) is 13.2 Å². The van der Waals surface area contributed by atoms with Crippen molar-refractivity contribution < 1.29 is 18.3 Å². The van der Waals surface area contributed by atoms with Crippen LogP contribution in [0.5, 0.6) is 0 Å². The van der Waals surface area contributed by atoms with Crippen molar-refractivity contribution in [3.05, 3.63) is 0 Å². The Bertz CT molecular complexity index is 167. The van der Waals surface area contributed by atoms with Gasteiger partial charge in [0.2, 0.25) is 5.91 Å². The summed E-state index contributed by atoms with van der Waals surface area (Å²) in [6.45, 7) is 2.03. The maximum Gasteiger partial charge on any atom is 0.253 e. The number of ether oxygens (including phenoxy) is 1. The molecule has 2 N–H and O–H groups in total. The predicted octanol–water partition coefficient (Wildman–Crippen LogP) is -0.00780. The molecule has 0 bridgehead atoms. The van der Waals surface area contributed by atoms with Crippen LogP contribution < -0.4 is 10.6 Å². The number of nitrogens with one attached hydrogen (secondary N) is 2. The van der Waals surface area contributed by atoms with Gasteiger partial charge in [-0.25, -0.2) is 8.78 Å². The smallest absolute Gasteiger partial charge is 0.253 e. The molecule has 0 aliphatic carbocycles. The molecule has 0 aromatic rings. The zero-order valence-electron chi connectivity index (χ0n) is 8.35. The Kier molecular flexibility index (Phi) is 7.23. The summed E-state index contributed by atoms with van der Waals surface area (Å²) in [5, 5.41) is 4.91. The number of methoxy groups -OCH3 is 1. The van der Waals surface area contributed by atoms with Gasteiger partial charge in [-0.2, -0.15) is 0 Å². The summed E-state index contributed by atoms with van der Waals surface area (Å²) in [4.78, 5) is 11.0. The van der Waals surface area contributed by atoms with Gasteiger partial charge in [0.15, 0.2) is 0 Å². The first-order valence-electron chi connectivity index (χ1n) is 4.35. The van der Waals surface area contributed by atoms with E-state index in [1.807, 2.05) is 0 Å². The van der Waals surface area contributed by atoms with Gasteiger partial charge in [-0.1, -0.05) is 0 Å². The van der Waals surface area contributed by atoms with Crippen LogP contribution in [0.25, 0.3) is 0 Å². The minimum Gasteiger partial charge on any atom is -0.383 e. The molecule has 6 heteroatoms. The SMILES string of the molecule is COCCNC(=O)CNC(C)C(F)F. The molecule has 0 aromatic carbocycles. The number of amides is 1. The molecule has 0 saturated heterocycles. The number of carbonyl (C=O) groups is 1. The van der Waals surface area contributed by atoms with E-state index >= 15 is 0 Å². The summed E-state index contributed by atoms with van der Waals surface area (Å²) in [5.74, 6) is -0.311. The molecule has 0 saturated carbocycles. The average Bonchev–Trinajstić information content (AvgIpc) is 2.14. The normalized spacial score (nSPS) is 12.9. The summed E-state index contributed by atoms with van der Waals surface area (Å²) in [7, 11) is 1.52. The summed E-state index contributed by atoms with van der Waals surface area (Å²) >= 11 is 0. The Morgan fingerprint density at radius 1 is 1.50 bits per heavy atom. The fourth-order valence-electron chi connectivity index (χ4n) is 0.698. The molecule has 0 spiro atoms. The highest BCUT2D eigenvalue weighted by atomic mass is 19.3. The zero-order valence-corrected chi connectivity index (χ0v) is 8.35. The van der Waals surface area contributed by atoms with Gasteiger partial charge in [0.25, 0.3) is 6.43 Å². The van der Waals surface area contributed by atoms with Gasteiger partial charge in [-0.3, -0.25) is 4.79 Å². The third-order valence-electron chi connectivity index (χ3n) is 1.59. The quantitative estimate of drug-likeness (QED) is 0.581. The molecule has 0 aliphatic rings. The molecule has 0 radical (unpaired) electrons. The summed E-state index contributed by atoms with van der Waals surface area (Å²) < 4.78 is 28.6. The average molecular weight is 210 g/mol. The maximum atomic E-state index is 12.0. The van der Waals surface area contributed by atoms with Crippen LogP contribution in [-0.4, -0.2) is 45.2 Å². The van der Waals surface area contributed by atoms with Crippen molar-refractivity contribution in [2.45, 2.75) is 19.4 Å². The van der Waals surface area contributed by atoms with E-state index < -0.39 is 12.5 Å². The number of hydrogen-bond acceptors (Lipinski definition) is 3. The van der Waals surface area contributed by atoms with Crippen molar-refractivity contribution in [1.29, 1.82) is 0 Å². The Morgan fingerprint density at radius 2 is 2.14 bits per heavy atom. The fourth-order valence-corrected chi connectivity index (χ4v) is 0.698. The second kappa shape index (κ2) is 7.64. The fraction of sp³-hybridized carbons (Fsp3) is 0.875. The molecule has 14 heavy (non-hydrogen) atoms. The molecular weight excluding hydrogens is 194 g/mol. The van der Waals surface area contributed by atoms with Crippen LogP contribution in [0.15, 0.2) is 0 Å². The number of rotatable bonds is 7. The van der Waals surface area contributed by atoms with E-state index in [2.05, 4.69) is 10.6 Å². The predicted molar refractivity (Wildman–Crippen MR) is 48.4 cm³/mol. The van der Waals surface area contributed by atoms with Crippen LogP contribution in [0.1, 0.15) is 6.92 Å². The lowest BCUT2D eigenvalue weighted by atomic mass is 10.3. The van der Waals surface area contributed by atoms with E-state index in [1.165, 1.54) is 14.0 Å². The second-order valence-corrected chi connectivity index (χ2v) is 2.85. The first-order chi connectivity index (χ1) is 6.57. The molecule has 84 valence electrons. The third kappa shape index (κ3) is 6.73. The minimum atomic E-state index is -2.46. The lowest BCUT2D eigenvalue weighted by Gasteiger charge is -2.12. The molecule has 0 aromatic heterocycles. The topological polar surface area (TPSA) is 50.4 Å². The Labute approximate surface area is 82.0 Å². The van der Waals surface area contributed by atoms with Gasteiger partial charge in [0, 0.05) is 13.7 Å². The highest BCUT2D eigenvalue weighted by Crippen LogP contribution is 1.97. The number of hydrogen-bond donors (Lipinski definition) is 2. The molecule has 1 amide bonds. The number of alkyl halides is 2. The Balaban J connectivity index is 3.44. The van der Waals surface area contributed by atoms with E-state index in [4.69, 9.17) is 4.74 Å². The standard InChI is InChI=1S/C8H16F2N2O2/c1-6(8(9)10)12-5-7(13)11-3-4-14-2/h6,8,12H,3-5H2,1-2H3,(H,11,13). The molecule has 0 fully saturated rings. The molecule has 0 rings (SSSR count). The second-order valence-electron chi connectivity index (χ2n) is 2.85. The lowest BCUT2D eigenvalue weighted by Crippen LogP contribution is -2.41. The van der Waals surface area contributed by atoms with Crippen LogP contribution in [0, 0.1) is 0 Å². The summed E-state index contributed by atoms with van der Waals surface area (Å²) in [5.41, 5.74) is 0. The highest BCUT2D eigenvalue weighted by molar-refractivity contribution is 5.77. The van der Waals surface area contributed by atoms with Gasteiger partial charge < -0.3 is 15.4 Å². The van der Waals surface area contributed by atoms with Crippen molar-refractivity contribution in [3.63, 3.8) is 0 Å². The van der Waals surface area contributed by atoms with Crippen molar-refractivity contribution in [3.8, 4) is 0 Å². The van der Waals surface area contributed by atoms with Gasteiger partial charge in [0.1, 0.15) is 0 Å². The van der Waals surface area contributed by atoms with Crippen LogP contribution in [-0.2, 0) is 9.53 Å². The van der Waals surface area contributed by atoms with Crippen LogP contribution in [0.2, 0.25) is 0 Å². The lowest BCUT2D eigenvalue weighted by molar-refractivity contribution is -0.120. The Morgan fingerprint density at radius 3 is 2.64 bits per heavy atom. The van der Waals surface area contributed by atoms with Crippen LogP contribution >= 0.6 is 0 Å². The van der Waals surface area contributed by atoms with Gasteiger partial charge >= 0.3 is 0 Å². The Hall–Kier alpha value is -0.750. The van der Waals surface area contributed by atoms with E-state index in [-0.39, 0.29) is 12.5 Å². The van der Waals surface area contributed by atoms with Crippen molar-refractivity contribution >= 4 is 5.91 Å². The molecule has 4 nitrogen and oxygen atoms in total. The van der Waals surface area contributed by atoms with Gasteiger partial charge in [-0.15, -0.1) is 0 Å². The molecule has 1 atom stereocenters. The monoisotopic (exact) mass is 210 g/mol. The minimum absolute atomic E-state index is 0.102. The highest BCUT2D eigenvalue weighted by Gasteiger charge is 2.14. The van der Waals surface area contributed by atoms with Gasteiger partial charge in [0.05, 0.1) is 19.2 Å². The van der Waals surface area contributed by atoms with Crippen molar-refractivity contribution in [1.82, 2.24) is 10.6 Å². The maximum absolute atomic E-state index is 12.0. The van der Waals surface area contributed by atoms with Crippen LogP contribution in [0.4, 0.5) is 8.78 Å². The van der Waals surface area contributed by atoms with Crippen molar-refractivity contribution in [2.75, 3.05) is 26.8 Å². The summed E-state index contributed by atoms with van der Waals surface area (Å²) in [6, 6.07) is -0.969. The van der Waals surface area contributed by atoms with Crippen molar-refractivity contribution in [2.24, 2.45) is 0 Å². The summed E-state index contributed by atoms with van der Waals surface area (Å²) in [6.07, 6.45) is -2.46. The molecule has 0 heterocycles. The van der Waals surface area contributed by atoms with E-state index in [9.17, 15) is 13.6 Å². The van der Waals surface area contributed by atoms with E-state index in [0.717, 1.165) is 0 Å². The molecular formula is C8H16F2N2O2.